The summed E-state index contributed by atoms with van der Waals surface area (Å²) in [5.41, 5.74) is 0.431. The summed E-state index contributed by atoms with van der Waals surface area (Å²) >= 11 is 0. The van der Waals surface area contributed by atoms with Crippen molar-refractivity contribution in [2.24, 2.45) is 0 Å². The Balaban J connectivity index is 2.13. The van der Waals surface area contributed by atoms with Crippen molar-refractivity contribution >= 4 is 22.8 Å². The molecule has 2 N–H and O–H groups in total. The van der Waals surface area contributed by atoms with Gasteiger partial charge in [-0.25, -0.2) is 9.18 Å². The summed E-state index contributed by atoms with van der Waals surface area (Å²) in [6.45, 7) is 7.39. The fraction of sp³-hybridized carbons (Fsp3) is 0.444. The van der Waals surface area contributed by atoms with Gasteiger partial charge in [-0.15, -0.1) is 0 Å². The van der Waals surface area contributed by atoms with E-state index in [-0.39, 0.29) is 18.8 Å². The number of carbonyl (C=O) groups is 2. The number of carbonyl (C=O) groups excluding carboxylic acids is 1. The van der Waals surface area contributed by atoms with E-state index in [2.05, 4.69) is 5.32 Å². The van der Waals surface area contributed by atoms with Crippen molar-refractivity contribution in [3.05, 3.63) is 35.3 Å². The smallest absolute Gasteiger partial charge is 0.326 e. The monoisotopic (exact) mass is 351 g/mol. The molecular formula is C18H22FNO5. The molecule has 1 unspecified atom stereocenters. The summed E-state index contributed by atoms with van der Waals surface area (Å²) in [6, 6.07) is 2.83. The van der Waals surface area contributed by atoms with Crippen molar-refractivity contribution in [3.8, 4) is 0 Å². The van der Waals surface area contributed by atoms with Gasteiger partial charge < -0.3 is 19.6 Å². The fourth-order valence-corrected chi connectivity index (χ4v) is 2.37. The van der Waals surface area contributed by atoms with E-state index in [1.165, 1.54) is 18.2 Å². The summed E-state index contributed by atoms with van der Waals surface area (Å²) in [5.74, 6) is -2.28. The van der Waals surface area contributed by atoms with Crippen LogP contribution in [0.2, 0.25) is 0 Å². The molecule has 0 saturated carbocycles. The Morgan fingerprint density at radius 3 is 2.64 bits per heavy atom. The molecule has 0 radical (unpaired) electrons. The molecule has 136 valence electrons. The number of furan rings is 1. The highest BCUT2D eigenvalue weighted by Crippen LogP contribution is 2.26. The first-order valence-corrected chi connectivity index (χ1v) is 7.95. The largest absolute Gasteiger partial charge is 0.480 e. The number of hydrogen-bond donors (Lipinski definition) is 2. The van der Waals surface area contributed by atoms with Crippen molar-refractivity contribution in [3.63, 3.8) is 0 Å². The van der Waals surface area contributed by atoms with Crippen molar-refractivity contribution in [2.75, 3.05) is 6.61 Å². The molecule has 1 aromatic carbocycles. The number of halogens is 1. The van der Waals surface area contributed by atoms with E-state index in [9.17, 15) is 19.1 Å². The van der Waals surface area contributed by atoms with Crippen molar-refractivity contribution in [2.45, 2.75) is 45.8 Å². The van der Waals surface area contributed by atoms with E-state index in [1.807, 2.05) is 20.8 Å². The summed E-state index contributed by atoms with van der Waals surface area (Å²) in [5, 5.41) is 12.2. The van der Waals surface area contributed by atoms with Crippen LogP contribution in [-0.4, -0.2) is 35.2 Å². The molecule has 7 heteroatoms. The topological polar surface area (TPSA) is 88.8 Å². The van der Waals surface area contributed by atoms with E-state index in [4.69, 9.17) is 9.15 Å². The number of aryl methyl sites for hydroxylation is 1. The minimum absolute atomic E-state index is 0.0245. The van der Waals surface area contributed by atoms with Crippen molar-refractivity contribution in [1.82, 2.24) is 5.32 Å². The molecule has 0 aliphatic heterocycles. The maximum atomic E-state index is 13.3. The number of carboxylic acid groups (broad SMARTS) is 1. The molecule has 0 aliphatic rings. The van der Waals surface area contributed by atoms with Crippen LogP contribution in [0.4, 0.5) is 4.39 Å². The van der Waals surface area contributed by atoms with Crippen molar-refractivity contribution in [1.29, 1.82) is 0 Å². The second kappa shape index (κ2) is 7.23. The van der Waals surface area contributed by atoms with E-state index in [0.29, 0.717) is 16.5 Å². The van der Waals surface area contributed by atoms with Gasteiger partial charge in [-0.3, -0.25) is 4.79 Å². The molecule has 2 rings (SSSR count). The standard InChI is InChI=1S/C18H22FNO5/c1-10-12-9-11(19)5-6-14(12)25-15(10)16(21)20-13(17(22)23)7-8-24-18(2,3)4/h5-6,9,13H,7-8H2,1-4H3,(H,20,21)(H,22,23). The number of ether oxygens (including phenoxy) is 1. The Kier molecular flexibility index (Phi) is 5.47. The molecule has 0 aliphatic carbocycles. The van der Waals surface area contributed by atoms with Gasteiger partial charge in [0.2, 0.25) is 0 Å². The summed E-state index contributed by atoms with van der Waals surface area (Å²) in [6.07, 6.45) is 0.117. The Morgan fingerprint density at radius 1 is 1.36 bits per heavy atom. The SMILES string of the molecule is Cc1c(C(=O)NC(CCOC(C)(C)C)C(=O)O)oc2ccc(F)cc12. The van der Waals surface area contributed by atoms with Crippen LogP contribution in [0.15, 0.2) is 22.6 Å². The number of fused-ring (bicyclic) bond motifs is 1. The number of rotatable bonds is 6. The average molecular weight is 351 g/mol. The summed E-state index contributed by atoms with van der Waals surface area (Å²) < 4.78 is 24.3. The Morgan fingerprint density at radius 2 is 2.04 bits per heavy atom. The number of amides is 1. The molecule has 6 nitrogen and oxygen atoms in total. The molecule has 0 spiro atoms. The van der Waals surface area contributed by atoms with Crippen LogP contribution < -0.4 is 5.32 Å². The lowest BCUT2D eigenvalue weighted by molar-refractivity contribution is -0.140. The molecular weight excluding hydrogens is 329 g/mol. The van der Waals surface area contributed by atoms with Crippen LogP contribution in [0.25, 0.3) is 11.0 Å². The zero-order chi connectivity index (χ0) is 18.8. The third-order valence-electron chi connectivity index (χ3n) is 3.65. The van der Waals surface area contributed by atoms with Crippen LogP contribution in [0, 0.1) is 12.7 Å². The Hall–Kier alpha value is -2.41. The zero-order valence-corrected chi connectivity index (χ0v) is 14.7. The maximum absolute atomic E-state index is 13.3. The van der Waals surface area contributed by atoms with Gasteiger partial charge in [-0.05, 0) is 45.9 Å². The minimum atomic E-state index is -1.16. The molecule has 25 heavy (non-hydrogen) atoms. The van der Waals surface area contributed by atoms with Crippen LogP contribution in [0.5, 0.6) is 0 Å². The molecule has 1 aromatic heterocycles. The fourth-order valence-electron chi connectivity index (χ4n) is 2.37. The van der Waals surface area contributed by atoms with E-state index in [1.54, 1.807) is 6.92 Å². The number of benzene rings is 1. The first-order valence-electron chi connectivity index (χ1n) is 7.95. The predicted molar refractivity (Wildman–Crippen MR) is 90.1 cm³/mol. The summed E-state index contributed by atoms with van der Waals surface area (Å²) in [4.78, 5) is 23.8. The average Bonchev–Trinajstić information content (AvgIpc) is 2.81. The first-order chi connectivity index (χ1) is 11.6. The van der Waals surface area contributed by atoms with Gasteiger partial charge in [-0.2, -0.15) is 0 Å². The van der Waals surface area contributed by atoms with Gasteiger partial charge in [0.25, 0.3) is 5.91 Å². The normalized spacial score (nSPS) is 13.0. The van der Waals surface area contributed by atoms with Crippen LogP contribution >= 0.6 is 0 Å². The molecule has 0 bridgehead atoms. The van der Waals surface area contributed by atoms with Gasteiger partial charge in [-0.1, -0.05) is 0 Å². The molecule has 0 fully saturated rings. The van der Waals surface area contributed by atoms with Crippen LogP contribution in [0.3, 0.4) is 0 Å². The third-order valence-corrected chi connectivity index (χ3v) is 3.65. The van der Waals surface area contributed by atoms with Gasteiger partial charge in [0.1, 0.15) is 17.4 Å². The minimum Gasteiger partial charge on any atom is -0.480 e. The lowest BCUT2D eigenvalue weighted by Gasteiger charge is -2.21. The highest BCUT2D eigenvalue weighted by molar-refractivity contribution is 6.00. The maximum Gasteiger partial charge on any atom is 0.326 e. The molecule has 1 heterocycles. The van der Waals surface area contributed by atoms with Crippen molar-refractivity contribution < 1.29 is 28.2 Å². The molecule has 0 saturated heterocycles. The number of hydrogen-bond acceptors (Lipinski definition) is 4. The predicted octanol–water partition coefficient (Wildman–Crippen LogP) is 3.27. The Labute approximate surface area is 145 Å². The number of carboxylic acids is 1. The first kappa shape index (κ1) is 18.9. The van der Waals surface area contributed by atoms with Gasteiger partial charge in [0.15, 0.2) is 5.76 Å². The zero-order valence-electron chi connectivity index (χ0n) is 14.7. The lowest BCUT2D eigenvalue weighted by Crippen LogP contribution is -2.42. The van der Waals surface area contributed by atoms with Gasteiger partial charge in [0.05, 0.1) is 5.60 Å². The Bertz CT molecular complexity index is 791. The second-order valence-electron chi connectivity index (χ2n) is 6.81. The summed E-state index contributed by atoms with van der Waals surface area (Å²) in [7, 11) is 0. The number of aliphatic carboxylic acids is 1. The highest BCUT2D eigenvalue weighted by Gasteiger charge is 2.25. The van der Waals surface area contributed by atoms with E-state index >= 15 is 0 Å². The molecule has 2 aromatic rings. The van der Waals surface area contributed by atoms with E-state index < -0.39 is 29.3 Å². The number of nitrogens with one attached hydrogen (secondary N) is 1. The van der Waals surface area contributed by atoms with Gasteiger partial charge in [0, 0.05) is 24.0 Å². The third kappa shape index (κ3) is 4.79. The second-order valence-corrected chi connectivity index (χ2v) is 6.81. The van der Waals surface area contributed by atoms with E-state index in [0.717, 1.165) is 0 Å². The quantitative estimate of drug-likeness (QED) is 0.834. The van der Waals surface area contributed by atoms with Crippen LogP contribution in [-0.2, 0) is 9.53 Å². The molecule has 1 atom stereocenters. The highest BCUT2D eigenvalue weighted by atomic mass is 19.1. The lowest BCUT2D eigenvalue weighted by atomic mass is 10.1. The molecule has 1 amide bonds. The van der Waals surface area contributed by atoms with Crippen LogP contribution in [0.1, 0.15) is 43.3 Å². The van der Waals surface area contributed by atoms with Gasteiger partial charge >= 0.3 is 5.97 Å².